The Morgan fingerprint density at radius 1 is 0.427 bits per heavy atom. The van der Waals surface area contributed by atoms with E-state index in [1.807, 2.05) is 143 Å². The van der Waals surface area contributed by atoms with Crippen LogP contribution in [0.4, 0.5) is 14.4 Å². The lowest BCUT2D eigenvalue weighted by Gasteiger charge is -2.27. The molecule has 458 valence electrons. The number of hydrogen-bond donors (Lipinski definition) is 0. The van der Waals surface area contributed by atoms with E-state index in [9.17, 15) is 28.8 Å². The molecule has 3 saturated heterocycles. The third-order valence-electron chi connectivity index (χ3n) is 13.6. The van der Waals surface area contributed by atoms with Crippen LogP contribution in [0.5, 0.6) is 0 Å². The van der Waals surface area contributed by atoms with Gasteiger partial charge in [-0.25, -0.2) is 29.3 Å². The molecule has 6 heterocycles. The van der Waals surface area contributed by atoms with E-state index >= 15 is 0 Å². The van der Waals surface area contributed by atoms with Crippen molar-refractivity contribution in [1.29, 1.82) is 0 Å². The number of nitrogens with zero attached hydrogens (tertiary/aromatic N) is 7. The number of hydrogen-bond acceptors (Lipinski definition) is 19. The summed E-state index contributed by atoms with van der Waals surface area (Å²) in [6.07, 6.45) is 7.26. The van der Waals surface area contributed by atoms with E-state index in [-0.39, 0.29) is 35.7 Å². The van der Waals surface area contributed by atoms with Gasteiger partial charge in [-0.15, -0.1) is 34.0 Å². The maximum absolute atomic E-state index is 14.0. The predicted molar refractivity (Wildman–Crippen MR) is 316 cm³/mol. The zero-order valence-corrected chi connectivity index (χ0v) is 54.5. The van der Waals surface area contributed by atoms with Gasteiger partial charge < -0.3 is 43.1 Å². The highest BCUT2D eigenvalue weighted by Crippen LogP contribution is 2.36. The molecule has 0 aromatic carbocycles. The second-order valence-corrected chi connectivity index (χ2v) is 31.9. The summed E-state index contributed by atoms with van der Waals surface area (Å²) in [5.41, 5.74) is -4.11. The number of likely N-dealkylation sites (tertiary alicyclic amines) is 3. The quantitative estimate of drug-likeness (QED) is 0.0856. The topological polar surface area (TPSA) is 209 Å². The lowest BCUT2D eigenvalue weighted by Crippen LogP contribution is -2.38. The lowest BCUT2D eigenvalue weighted by atomic mass is 9.88. The average Bonchev–Trinajstić information content (AvgIpc) is 4.40. The number of amides is 3. The van der Waals surface area contributed by atoms with Gasteiger partial charge in [0.15, 0.2) is 0 Å². The minimum Gasteiger partial charge on any atom is -0.460 e. The first-order chi connectivity index (χ1) is 37.7. The van der Waals surface area contributed by atoms with Crippen molar-refractivity contribution in [3.8, 4) is 0 Å². The third-order valence-corrected chi connectivity index (χ3v) is 16.6. The van der Waals surface area contributed by atoms with E-state index in [1.165, 1.54) is 34.0 Å². The molecule has 3 fully saturated rings. The highest BCUT2D eigenvalue weighted by molar-refractivity contribution is 7.12. The highest BCUT2D eigenvalue weighted by Gasteiger charge is 2.43. The van der Waals surface area contributed by atoms with Crippen molar-refractivity contribution in [3.63, 3.8) is 0 Å². The molecule has 0 aliphatic carbocycles. The van der Waals surface area contributed by atoms with Gasteiger partial charge in [-0.3, -0.25) is 19.3 Å². The van der Waals surface area contributed by atoms with Gasteiger partial charge in [-0.2, -0.15) is 0 Å². The van der Waals surface area contributed by atoms with Gasteiger partial charge >= 0.3 is 36.2 Å². The number of rotatable bonds is 18. The van der Waals surface area contributed by atoms with Gasteiger partial charge in [-0.1, -0.05) is 0 Å². The summed E-state index contributed by atoms with van der Waals surface area (Å²) in [6.45, 7) is 37.2. The van der Waals surface area contributed by atoms with Crippen LogP contribution in [-0.2, 0) is 81.7 Å². The average molecular weight is 1200 g/mol. The Kier molecular flexibility index (Phi) is 21.4. The van der Waals surface area contributed by atoms with E-state index in [1.54, 1.807) is 14.7 Å². The fraction of sp³-hybridized carbons (Fsp3) is 0.750. The minimum atomic E-state index is -0.716. The molecule has 19 nitrogen and oxygen atoms in total. The van der Waals surface area contributed by atoms with Crippen LogP contribution in [-0.4, -0.2) is 144 Å². The summed E-state index contributed by atoms with van der Waals surface area (Å²) >= 11 is 4.60. The Balaban J connectivity index is 1.26. The summed E-state index contributed by atoms with van der Waals surface area (Å²) in [5.74, 6) is -3.09. The van der Waals surface area contributed by atoms with Crippen molar-refractivity contribution in [2.45, 2.75) is 216 Å². The zero-order valence-electron chi connectivity index (χ0n) is 52.1. The molecule has 0 unspecified atom stereocenters. The van der Waals surface area contributed by atoms with Crippen LogP contribution in [0.1, 0.15) is 174 Å². The van der Waals surface area contributed by atoms with E-state index < -0.39 is 69.6 Å². The first-order valence-electron chi connectivity index (χ1n) is 28.9. The van der Waals surface area contributed by atoms with Crippen LogP contribution in [0.25, 0.3) is 0 Å². The molecule has 0 spiro atoms. The number of esters is 3. The molecular weight excluding hydrogens is 1110 g/mol. The van der Waals surface area contributed by atoms with Crippen molar-refractivity contribution in [2.24, 2.45) is 35.5 Å². The van der Waals surface area contributed by atoms with Crippen molar-refractivity contribution >= 4 is 70.2 Å². The second-order valence-electron chi connectivity index (χ2n) is 28.3. The summed E-state index contributed by atoms with van der Waals surface area (Å²) in [4.78, 5) is 106. The van der Waals surface area contributed by atoms with Crippen LogP contribution in [0.15, 0.2) is 18.6 Å². The van der Waals surface area contributed by atoms with Gasteiger partial charge in [0.2, 0.25) is 0 Å². The van der Waals surface area contributed by atoms with Gasteiger partial charge in [-0.05, 0) is 162 Å². The number of carbonyl (C=O) groups excluding carboxylic acids is 6. The fourth-order valence-corrected chi connectivity index (χ4v) is 13.3. The molecule has 6 atom stereocenters. The van der Waals surface area contributed by atoms with Crippen molar-refractivity contribution in [3.05, 3.63) is 48.2 Å². The Bertz CT molecular complexity index is 2390. The Labute approximate surface area is 498 Å². The lowest BCUT2D eigenvalue weighted by molar-refractivity contribution is -0.163. The first kappa shape index (κ1) is 66.2. The van der Waals surface area contributed by atoms with Crippen LogP contribution >= 0.6 is 34.0 Å². The Morgan fingerprint density at radius 3 is 0.878 bits per heavy atom. The van der Waals surface area contributed by atoms with E-state index in [0.29, 0.717) is 97.4 Å². The summed E-state index contributed by atoms with van der Waals surface area (Å²) in [7, 11) is 0. The van der Waals surface area contributed by atoms with Gasteiger partial charge in [0, 0.05) is 111 Å². The summed E-state index contributed by atoms with van der Waals surface area (Å²) in [5, 5.41) is 2.33. The molecule has 0 bridgehead atoms. The molecular formula is C60H93N7O12S3. The molecule has 3 aliphatic rings. The maximum atomic E-state index is 14.0. The van der Waals surface area contributed by atoms with E-state index in [4.69, 9.17) is 43.4 Å². The number of aromatic nitrogens is 3. The SMILES string of the molecule is CC(C)(C)OC(=O)[C@@H](Cc1ncc(CN(Cc2cnc(C[C@H](C(=O)OC(C)(C)C)[C@H]3CCN(C(=O)OC(C)(C)C)C3)s2)Cc2cnc(C[C@H](C(=O)OC(C)(C)C)[C@H]3CCN(C(=O)OC(C)(C)C)C3)s2)s1)[C@H]1CCN(C(=O)OC(C)(C)C)C1. The normalized spacial score (nSPS) is 19.5. The molecule has 0 saturated carbocycles. The molecule has 3 aliphatic heterocycles. The van der Waals surface area contributed by atoms with Crippen LogP contribution < -0.4 is 0 Å². The Morgan fingerprint density at radius 2 is 0.659 bits per heavy atom. The van der Waals surface area contributed by atoms with Crippen LogP contribution in [0.2, 0.25) is 0 Å². The molecule has 3 aromatic rings. The minimum absolute atomic E-state index is 0.160. The van der Waals surface area contributed by atoms with Gasteiger partial charge in [0.1, 0.15) is 33.6 Å². The van der Waals surface area contributed by atoms with Gasteiger partial charge in [0.05, 0.1) is 32.8 Å². The van der Waals surface area contributed by atoms with Crippen molar-refractivity contribution < 1.29 is 57.2 Å². The largest absolute Gasteiger partial charge is 0.460 e. The van der Waals surface area contributed by atoms with E-state index in [2.05, 4.69) is 4.90 Å². The van der Waals surface area contributed by atoms with Crippen LogP contribution in [0, 0.1) is 35.5 Å². The summed E-state index contributed by atoms with van der Waals surface area (Å²) in [6, 6.07) is 0. The highest BCUT2D eigenvalue weighted by atomic mass is 32.1. The zero-order chi connectivity index (χ0) is 60.9. The third kappa shape index (κ3) is 21.3. The van der Waals surface area contributed by atoms with Crippen molar-refractivity contribution in [2.75, 3.05) is 39.3 Å². The predicted octanol–water partition coefficient (Wildman–Crippen LogP) is 11.5. The molecule has 3 amide bonds. The summed E-state index contributed by atoms with van der Waals surface area (Å²) < 4.78 is 35.1. The van der Waals surface area contributed by atoms with Crippen LogP contribution in [0.3, 0.4) is 0 Å². The van der Waals surface area contributed by atoms with E-state index in [0.717, 1.165) is 29.7 Å². The first-order valence-corrected chi connectivity index (χ1v) is 31.3. The number of carbonyl (C=O) groups is 6. The molecule has 6 rings (SSSR count). The standard InChI is InChI=1S/C60H93N7O12S3/c1-55(2,3)74-49(68)43(37-19-22-65(31-37)52(71)77-58(10,11)12)25-46-61-28-40(80-46)34-64(35-41-29-62-47(81-41)26-44(50(69)75-56(4,5)6)38-20-23-66(32-38)53(72)78-59(13,14)15)36-42-30-63-48(82-42)27-45(51(70)76-57(7,8)9)39-21-24-67(33-39)54(73)79-60(16,17)18/h28-30,37-39,43-45H,19-27,31-36H2,1-18H3/t37-,38-,39-,43-,44-,45-/m0/s1. The molecule has 3 aromatic heterocycles. The fourth-order valence-electron chi connectivity index (χ4n) is 10.2. The maximum Gasteiger partial charge on any atom is 0.410 e. The molecule has 82 heavy (non-hydrogen) atoms. The smallest absolute Gasteiger partial charge is 0.410 e. The molecule has 22 heteroatoms. The van der Waals surface area contributed by atoms with Gasteiger partial charge in [0.25, 0.3) is 0 Å². The number of ether oxygens (including phenoxy) is 6. The second kappa shape index (κ2) is 26.5. The number of thiazole rings is 3. The monoisotopic (exact) mass is 1200 g/mol. The molecule has 0 radical (unpaired) electrons. The Hall–Kier alpha value is -4.93. The van der Waals surface area contributed by atoms with Crippen molar-refractivity contribution in [1.82, 2.24) is 34.6 Å². The molecule has 0 N–H and O–H groups in total.